The van der Waals surface area contributed by atoms with Gasteiger partial charge in [-0.05, 0) is 83.8 Å². The second-order valence-corrected chi connectivity index (χ2v) is 18.0. The average molecular weight is 977 g/mol. The van der Waals surface area contributed by atoms with Crippen LogP contribution in [0.3, 0.4) is 0 Å². The van der Waals surface area contributed by atoms with Gasteiger partial charge in [-0.1, -0.05) is 66.0 Å². The lowest BCUT2D eigenvalue weighted by atomic mass is 10.1. The van der Waals surface area contributed by atoms with E-state index in [2.05, 4.69) is 47.0 Å². The molecule has 0 spiro atoms. The molecule has 2 aliphatic heterocycles. The third kappa shape index (κ3) is 16.6. The monoisotopic (exact) mass is 974 g/mol. The van der Waals surface area contributed by atoms with Gasteiger partial charge in [-0.2, -0.15) is 18.6 Å². The molecule has 2 fully saturated rings. The lowest BCUT2D eigenvalue weighted by Gasteiger charge is -2.33. The Labute approximate surface area is 384 Å². The number of piperidine rings is 2. The summed E-state index contributed by atoms with van der Waals surface area (Å²) in [6.07, 6.45) is 5.94. The van der Waals surface area contributed by atoms with Crippen LogP contribution in [0.15, 0.2) is 48.8 Å². The van der Waals surface area contributed by atoms with Crippen LogP contribution in [0.2, 0.25) is 20.1 Å². The zero-order valence-electron chi connectivity index (χ0n) is 33.9. The fraction of sp³-hybridized carbons (Fsp3) is 0.410. The lowest BCUT2D eigenvalue weighted by molar-refractivity contribution is 0.0199. The topological polar surface area (TPSA) is 270 Å². The number of amides is 5. The second kappa shape index (κ2) is 23.6. The molecule has 0 radical (unpaired) electrons. The van der Waals surface area contributed by atoms with Crippen LogP contribution in [0.5, 0.6) is 0 Å². The molecule has 2 aromatic carbocycles. The van der Waals surface area contributed by atoms with Crippen LogP contribution in [-0.4, -0.2) is 118 Å². The highest BCUT2D eigenvalue weighted by Gasteiger charge is 2.29. The van der Waals surface area contributed by atoms with E-state index in [4.69, 9.17) is 55.7 Å². The largest absolute Gasteiger partial charge is 0.444 e. The van der Waals surface area contributed by atoms with Gasteiger partial charge in [-0.3, -0.25) is 33.9 Å². The third-order valence-corrected chi connectivity index (χ3v) is 10.0. The predicted molar refractivity (Wildman–Crippen MR) is 242 cm³/mol. The molecule has 8 N–H and O–H groups in total. The van der Waals surface area contributed by atoms with Gasteiger partial charge < -0.3 is 36.2 Å². The quantitative estimate of drug-likeness (QED) is 0.0859. The molecular weight excluding hydrogens is 926 g/mol. The molecule has 0 unspecified atom stereocenters. The van der Waals surface area contributed by atoms with Crippen molar-refractivity contribution >= 4 is 97.6 Å². The molecule has 4 aromatic rings. The smallest absolute Gasteiger partial charge is 0.410 e. The zero-order valence-corrected chi connectivity index (χ0v) is 37.7. The van der Waals surface area contributed by atoms with Crippen LogP contribution in [0.4, 0.5) is 16.2 Å². The van der Waals surface area contributed by atoms with E-state index < -0.39 is 33.4 Å². The summed E-state index contributed by atoms with van der Waals surface area (Å²) in [5.74, 6) is -1.79. The maximum Gasteiger partial charge on any atom is 0.410 e. The number of hydrogen-bond acceptors (Lipinski definition) is 11. The van der Waals surface area contributed by atoms with Gasteiger partial charge in [0.25, 0.3) is 33.7 Å². The fourth-order valence-corrected chi connectivity index (χ4v) is 7.06. The number of aromatic nitrogens is 4. The minimum Gasteiger partial charge on any atom is -0.444 e. The first-order valence-corrected chi connectivity index (χ1v) is 22.3. The van der Waals surface area contributed by atoms with E-state index in [0.717, 1.165) is 25.9 Å². The van der Waals surface area contributed by atoms with Crippen molar-refractivity contribution in [3.63, 3.8) is 0 Å². The summed E-state index contributed by atoms with van der Waals surface area (Å²) in [6.45, 7) is 8.12. The van der Waals surface area contributed by atoms with Gasteiger partial charge in [0, 0.05) is 25.2 Å². The number of halogens is 4. The Bertz CT molecular complexity index is 2290. The molecular formula is C39H50Cl4N10O9S. The van der Waals surface area contributed by atoms with E-state index in [1.165, 1.54) is 12.4 Å². The van der Waals surface area contributed by atoms with Crippen LogP contribution in [0.1, 0.15) is 95.6 Å². The summed E-state index contributed by atoms with van der Waals surface area (Å²) in [6, 6.07) is 9.49. The Morgan fingerprint density at radius 1 is 0.714 bits per heavy atom. The van der Waals surface area contributed by atoms with Crippen molar-refractivity contribution < 1.29 is 41.7 Å². The highest BCUT2D eigenvalue weighted by Crippen LogP contribution is 2.27. The van der Waals surface area contributed by atoms with Crippen molar-refractivity contribution in [2.45, 2.75) is 71.6 Å². The van der Waals surface area contributed by atoms with E-state index in [9.17, 15) is 32.4 Å². The molecule has 24 heteroatoms. The molecule has 63 heavy (non-hydrogen) atoms. The van der Waals surface area contributed by atoms with Crippen LogP contribution in [-0.2, 0) is 14.9 Å². The van der Waals surface area contributed by atoms with Gasteiger partial charge in [0.15, 0.2) is 0 Å². The van der Waals surface area contributed by atoms with E-state index in [1.807, 2.05) is 20.8 Å². The highest BCUT2D eigenvalue weighted by molar-refractivity contribution is 7.85. The van der Waals surface area contributed by atoms with Crippen LogP contribution >= 0.6 is 46.4 Å². The van der Waals surface area contributed by atoms with E-state index in [-0.39, 0.29) is 85.5 Å². The number of aromatic amines is 2. The number of hydrogen-bond donors (Lipinski definition) is 8. The lowest BCUT2D eigenvalue weighted by Crippen LogP contribution is -2.47. The molecule has 2 aromatic heterocycles. The minimum atomic E-state index is -3.67. The van der Waals surface area contributed by atoms with Crippen molar-refractivity contribution in [2.75, 3.05) is 43.1 Å². The fourth-order valence-electron chi connectivity index (χ4n) is 5.92. The Morgan fingerprint density at radius 2 is 1.08 bits per heavy atom. The Balaban J connectivity index is 0.000000305. The first kappa shape index (κ1) is 52.4. The van der Waals surface area contributed by atoms with Crippen molar-refractivity contribution in [1.29, 1.82) is 0 Å². The number of benzene rings is 2. The number of carbonyl (C=O) groups excluding carboxylic acids is 5. The molecule has 2 saturated heterocycles. The summed E-state index contributed by atoms with van der Waals surface area (Å²) < 4.78 is 31.3. The van der Waals surface area contributed by atoms with Gasteiger partial charge in [0.05, 0.1) is 61.2 Å². The SMILES string of the molecule is C.CC(C)(C)OC(=O)N1CCC(NC(=O)c2[nH]ncc2NC(=O)c2c(Cl)cccc2Cl)CC1.CS(=O)(=O)O.O=C(NC1CCNCC1)c1[nH]ncc1NC(=O)c1c(Cl)cccc1Cl. The Hall–Kier alpha value is -4.96. The minimum absolute atomic E-state index is 0. The Morgan fingerprint density at radius 3 is 1.44 bits per heavy atom. The van der Waals surface area contributed by atoms with E-state index >= 15 is 0 Å². The predicted octanol–water partition coefficient (Wildman–Crippen LogP) is 6.69. The molecule has 19 nitrogen and oxygen atoms in total. The number of nitrogens with zero attached hydrogens (tertiary/aromatic N) is 3. The molecule has 0 saturated carbocycles. The molecule has 5 amide bonds. The first-order valence-electron chi connectivity index (χ1n) is 18.9. The van der Waals surface area contributed by atoms with Crippen molar-refractivity contribution in [1.82, 2.24) is 41.2 Å². The van der Waals surface area contributed by atoms with Gasteiger partial charge in [-0.25, -0.2) is 4.79 Å². The maximum absolute atomic E-state index is 12.8. The maximum atomic E-state index is 12.8. The number of anilines is 2. The molecule has 4 heterocycles. The standard InChI is InChI=1S/C21H25Cl2N5O4.C16H17Cl2N5O2.CH4O3S.CH4/c1-21(2,3)32-20(31)28-9-7-12(8-10-28)25-19(30)17-15(11-24-27-17)26-18(29)16-13(22)5-4-6-14(16)23;17-10-2-1-3-11(18)13(10)15(24)22-12-8-20-23-14(12)16(25)21-9-4-6-19-7-5-9;1-5(2,3)4;/h4-6,11-12H,7-10H2,1-3H3,(H,24,27)(H,25,30)(H,26,29);1-3,8-9,19H,4-7H2,(H,20,23)(H,21,25)(H,22,24);1H3,(H,2,3,4);1H4. The molecule has 344 valence electrons. The molecule has 0 bridgehead atoms. The highest BCUT2D eigenvalue weighted by atomic mass is 35.5. The number of rotatable bonds is 8. The number of ether oxygens (including phenoxy) is 1. The Kier molecular flexibility index (Phi) is 19.7. The normalized spacial score (nSPS) is 14.3. The van der Waals surface area contributed by atoms with Crippen LogP contribution < -0.4 is 26.6 Å². The van der Waals surface area contributed by atoms with E-state index in [0.29, 0.717) is 32.2 Å². The average Bonchev–Trinajstić information content (AvgIpc) is 3.84. The summed E-state index contributed by atoms with van der Waals surface area (Å²) in [7, 11) is -3.67. The third-order valence-electron chi connectivity index (χ3n) is 8.77. The molecule has 6 rings (SSSR count). The number of likely N-dealkylation sites (tertiary alicyclic amines) is 1. The van der Waals surface area contributed by atoms with Crippen LogP contribution in [0.25, 0.3) is 0 Å². The summed E-state index contributed by atoms with van der Waals surface area (Å²) in [5.41, 5.74) is 0.473. The molecule has 0 atom stereocenters. The van der Waals surface area contributed by atoms with Crippen molar-refractivity contribution in [3.8, 4) is 0 Å². The molecule has 2 aliphatic rings. The molecule has 0 aliphatic carbocycles. The van der Waals surface area contributed by atoms with Gasteiger partial charge in [-0.15, -0.1) is 0 Å². The summed E-state index contributed by atoms with van der Waals surface area (Å²) >= 11 is 24.2. The number of carbonyl (C=O) groups is 5. The van der Waals surface area contributed by atoms with Gasteiger partial charge in [0.1, 0.15) is 17.0 Å². The number of nitrogens with one attached hydrogen (secondary N) is 7. The first-order chi connectivity index (χ1) is 29.1. The summed E-state index contributed by atoms with van der Waals surface area (Å²) in [5, 5.41) is 28.1. The van der Waals surface area contributed by atoms with Gasteiger partial charge in [0.2, 0.25) is 0 Å². The summed E-state index contributed by atoms with van der Waals surface area (Å²) in [4.78, 5) is 64.1. The van der Waals surface area contributed by atoms with Crippen LogP contribution in [0, 0.1) is 0 Å². The van der Waals surface area contributed by atoms with E-state index in [1.54, 1.807) is 41.3 Å². The zero-order chi connectivity index (χ0) is 45.8. The van der Waals surface area contributed by atoms with Gasteiger partial charge >= 0.3 is 6.09 Å². The number of H-pyrrole nitrogens is 2. The second-order valence-electron chi connectivity index (χ2n) is 14.9. The van der Waals surface area contributed by atoms with Crippen molar-refractivity contribution in [2.24, 2.45) is 0 Å². The van der Waals surface area contributed by atoms with Crippen molar-refractivity contribution in [3.05, 3.63) is 91.4 Å².